The summed E-state index contributed by atoms with van der Waals surface area (Å²) >= 11 is 3.49. The number of hydrogen-bond donors (Lipinski definition) is 2. The third-order valence-corrected chi connectivity index (χ3v) is 6.61. The smallest absolute Gasteiger partial charge is 0.407 e. The molecule has 2 amide bonds. The number of hydrogen-bond acceptors (Lipinski definition) is 4. The summed E-state index contributed by atoms with van der Waals surface area (Å²) in [5, 5.41) is 2.71. The van der Waals surface area contributed by atoms with Gasteiger partial charge < -0.3 is 24.7 Å². The molecule has 0 saturated carbocycles. The lowest BCUT2D eigenvalue weighted by Crippen LogP contribution is -2.51. The number of likely N-dealkylation sites (tertiary alicyclic amines) is 1. The van der Waals surface area contributed by atoms with Crippen LogP contribution in [0, 0.1) is 5.92 Å². The molecule has 2 N–H and O–H groups in total. The number of benzene rings is 1. The normalized spacial score (nSPS) is 18.6. The number of nitrogens with zero attached hydrogens (tertiary/aromatic N) is 1. The molecule has 8 heteroatoms. The van der Waals surface area contributed by atoms with Gasteiger partial charge in [0.25, 0.3) is 0 Å². The van der Waals surface area contributed by atoms with Crippen molar-refractivity contribution in [2.45, 2.75) is 45.2 Å². The molecule has 7 nitrogen and oxygen atoms in total. The van der Waals surface area contributed by atoms with Crippen LogP contribution in [0.3, 0.4) is 0 Å². The van der Waals surface area contributed by atoms with Gasteiger partial charge in [-0.25, -0.2) is 4.79 Å². The first-order valence-corrected chi connectivity index (χ1v) is 11.5. The molecule has 0 spiro atoms. The van der Waals surface area contributed by atoms with Crippen molar-refractivity contribution >= 4 is 27.9 Å². The Balaban J connectivity index is 1.66. The van der Waals surface area contributed by atoms with Crippen LogP contribution < -0.4 is 10.1 Å². The van der Waals surface area contributed by atoms with Crippen LogP contribution in [0.25, 0.3) is 11.3 Å². The quantitative estimate of drug-likeness (QED) is 0.650. The summed E-state index contributed by atoms with van der Waals surface area (Å²) in [5.41, 5.74) is 4.22. The van der Waals surface area contributed by atoms with Crippen molar-refractivity contribution in [1.82, 2.24) is 15.2 Å². The number of halogens is 1. The molecule has 2 aliphatic rings. The van der Waals surface area contributed by atoms with Gasteiger partial charge in [0.05, 0.1) is 25.5 Å². The minimum absolute atomic E-state index is 0.0520. The molecule has 1 saturated heterocycles. The monoisotopic (exact) mass is 489 g/mol. The van der Waals surface area contributed by atoms with Crippen molar-refractivity contribution in [3.63, 3.8) is 0 Å². The molecule has 0 aliphatic carbocycles. The Kier molecular flexibility index (Phi) is 6.27. The van der Waals surface area contributed by atoms with Gasteiger partial charge in [-0.05, 0) is 30.9 Å². The number of aromatic nitrogens is 1. The molecule has 2 aromatic rings. The summed E-state index contributed by atoms with van der Waals surface area (Å²) in [6.07, 6.45) is 2.03. The van der Waals surface area contributed by atoms with Crippen LogP contribution in [0.2, 0.25) is 0 Å². The number of methoxy groups -OCH3 is 1. The average molecular weight is 490 g/mol. The van der Waals surface area contributed by atoms with Crippen molar-refractivity contribution in [3.8, 4) is 17.0 Å². The Morgan fingerprint density at radius 3 is 2.71 bits per heavy atom. The molecule has 2 atom stereocenters. The Labute approximate surface area is 190 Å². The topological polar surface area (TPSA) is 83.7 Å². The fraction of sp³-hybridized carbons (Fsp3) is 0.478. The van der Waals surface area contributed by atoms with Crippen molar-refractivity contribution < 1.29 is 19.1 Å². The van der Waals surface area contributed by atoms with E-state index in [1.54, 1.807) is 0 Å². The van der Waals surface area contributed by atoms with Crippen molar-refractivity contribution in [2.75, 3.05) is 20.3 Å². The van der Waals surface area contributed by atoms with Gasteiger partial charge in [0, 0.05) is 34.3 Å². The predicted octanol–water partition coefficient (Wildman–Crippen LogP) is 4.42. The standard InChI is InChI=1S/C23H28BrN3O4/c1-13(2)18(26-23(29)30-3)22(28)27-11-4-5-17(27)20-16-10-12-31-21(16)19(25-20)14-6-8-15(24)9-7-14/h6-9,13,17-18,25H,4-5,10-12H2,1-3H3,(H,26,29)/t17-,18?/m0/s1. The molecule has 3 heterocycles. The number of fused-ring (bicyclic) bond motifs is 1. The number of carbonyl (C=O) groups is 2. The van der Waals surface area contributed by atoms with Crippen molar-refractivity contribution in [2.24, 2.45) is 5.92 Å². The molecule has 0 bridgehead atoms. The molecule has 1 fully saturated rings. The third-order valence-electron chi connectivity index (χ3n) is 6.08. The largest absolute Gasteiger partial charge is 0.491 e. The molecular weight excluding hydrogens is 462 g/mol. The zero-order chi connectivity index (χ0) is 22.1. The molecule has 1 unspecified atom stereocenters. The van der Waals surface area contributed by atoms with Crippen LogP contribution in [-0.4, -0.2) is 48.2 Å². The SMILES string of the molecule is COC(=O)NC(C(=O)N1CCC[C@H]1c1[nH]c(-c2ccc(Br)cc2)c2c1CCO2)C(C)C. The van der Waals surface area contributed by atoms with Gasteiger partial charge in [-0.2, -0.15) is 0 Å². The number of nitrogens with one attached hydrogen (secondary N) is 2. The highest BCUT2D eigenvalue weighted by Crippen LogP contribution is 2.45. The van der Waals surface area contributed by atoms with Gasteiger partial charge in [0.2, 0.25) is 5.91 Å². The fourth-order valence-electron chi connectivity index (χ4n) is 4.52. The van der Waals surface area contributed by atoms with Gasteiger partial charge in [-0.1, -0.05) is 41.9 Å². The molecule has 4 rings (SSSR count). The number of H-pyrrole nitrogens is 1. The molecule has 0 radical (unpaired) electrons. The van der Waals surface area contributed by atoms with E-state index in [0.29, 0.717) is 13.2 Å². The van der Waals surface area contributed by atoms with Crippen LogP contribution in [0.15, 0.2) is 28.7 Å². The van der Waals surface area contributed by atoms with Crippen LogP contribution in [0.4, 0.5) is 4.79 Å². The first-order valence-electron chi connectivity index (χ1n) is 10.7. The van der Waals surface area contributed by atoms with Crippen molar-refractivity contribution in [3.05, 3.63) is 40.0 Å². The van der Waals surface area contributed by atoms with E-state index in [1.807, 2.05) is 43.0 Å². The number of amides is 2. The van der Waals surface area contributed by atoms with Crippen LogP contribution in [0.1, 0.15) is 44.0 Å². The highest BCUT2D eigenvalue weighted by molar-refractivity contribution is 9.10. The highest BCUT2D eigenvalue weighted by Gasteiger charge is 2.39. The van der Waals surface area contributed by atoms with E-state index < -0.39 is 12.1 Å². The Morgan fingerprint density at radius 1 is 1.29 bits per heavy atom. The van der Waals surface area contributed by atoms with Crippen LogP contribution >= 0.6 is 15.9 Å². The lowest BCUT2D eigenvalue weighted by molar-refractivity contribution is -0.135. The van der Waals surface area contributed by atoms with Gasteiger partial charge in [0.15, 0.2) is 0 Å². The summed E-state index contributed by atoms with van der Waals surface area (Å²) in [5.74, 6) is 0.768. The van der Waals surface area contributed by atoms with Crippen LogP contribution in [-0.2, 0) is 16.0 Å². The van der Waals surface area contributed by atoms with E-state index in [9.17, 15) is 9.59 Å². The maximum absolute atomic E-state index is 13.4. The number of rotatable bonds is 5. The fourth-order valence-corrected chi connectivity index (χ4v) is 4.78. The number of carbonyl (C=O) groups excluding carboxylic acids is 2. The predicted molar refractivity (Wildman–Crippen MR) is 121 cm³/mol. The Hall–Kier alpha value is -2.48. The van der Waals surface area contributed by atoms with Gasteiger partial charge in [-0.15, -0.1) is 0 Å². The van der Waals surface area contributed by atoms with E-state index >= 15 is 0 Å². The molecule has 1 aromatic heterocycles. The minimum atomic E-state index is -0.627. The second-order valence-electron chi connectivity index (χ2n) is 8.37. The maximum Gasteiger partial charge on any atom is 0.407 e. The molecule has 1 aromatic carbocycles. The molecule has 166 valence electrons. The molecule has 2 aliphatic heterocycles. The number of alkyl carbamates (subject to hydrolysis) is 1. The number of ether oxygens (including phenoxy) is 2. The van der Waals surface area contributed by atoms with E-state index in [4.69, 9.17) is 9.47 Å². The summed E-state index contributed by atoms with van der Waals surface area (Å²) in [6, 6.07) is 7.43. The second-order valence-corrected chi connectivity index (χ2v) is 9.29. The average Bonchev–Trinajstić information content (AvgIpc) is 3.48. The van der Waals surface area contributed by atoms with Gasteiger partial charge in [-0.3, -0.25) is 4.79 Å². The van der Waals surface area contributed by atoms with E-state index in [1.165, 1.54) is 7.11 Å². The highest BCUT2D eigenvalue weighted by atomic mass is 79.9. The lowest BCUT2D eigenvalue weighted by Gasteiger charge is -2.30. The summed E-state index contributed by atoms with van der Waals surface area (Å²) in [4.78, 5) is 30.7. The summed E-state index contributed by atoms with van der Waals surface area (Å²) < 4.78 is 11.7. The zero-order valence-electron chi connectivity index (χ0n) is 18.0. The van der Waals surface area contributed by atoms with E-state index in [-0.39, 0.29) is 17.9 Å². The second kappa shape index (κ2) is 8.94. The number of aromatic amines is 1. The Bertz CT molecular complexity index is 970. The third kappa shape index (κ3) is 4.18. The lowest BCUT2D eigenvalue weighted by atomic mass is 10.0. The van der Waals surface area contributed by atoms with Crippen LogP contribution in [0.5, 0.6) is 5.75 Å². The van der Waals surface area contributed by atoms with E-state index in [0.717, 1.165) is 52.0 Å². The van der Waals surface area contributed by atoms with E-state index in [2.05, 4.69) is 26.2 Å². The molecular formula is C23H28BrN3O4. The van der Waals surface area contributed by atoms with Gasteiger partial charge in [0.1, 0.15) is 11.8 Å². The minimum Gasteiger partial charge on any atom is -0.491 e. The molecule has 31 heavy (non-hydrogen) atoms. The first kappa shape index (κ1) is 21.7. The maximum atomic E-state index is 13.4. The zero-order valence-corrected chi connectivity index (χ0v) is 19.6. The van der Waals surface area contributed by atoms with Crippen molar-refractivity contribution in [1.29, 1.82) is 0 Å². The van der Waals surface area contributed by atoms with Gasteiger partial charge >= 0.3 is 6.09 Å². The summed E-state index contributed by atoms with van der Waals surface area (Å²) in [7, 11) is 1.31. The Morgan fingerprint density at radius 2 is 2.03 bits per heavy atom. The first-order chi connectivity index (χ1) is 14.9. The summed E-state index contributed by atoms with van der Waals surface area (Å²) in [6.45, 7) is 5.16.